The molecule has 0 saturated heterocycles. The second-order valence-corrected chi connectivity index (χ2v) is 10.5. The highest BCUT2D eigenvalue weighted by Crippen LogP contribution is 2.28. The van der Waals surface area contributed by atoms with Crippen LogP contribution in [-0.4, -0.2) is 31.4 Å². The Bertz CT molecular complexity index is 1300. The standard InChI is InChI=1S/C24H24BrN5O2S2/c1-14-5-6-17(11-15(14)2)20-12-33-23(26-20)27-21(31)13-34-24-29-28-22(30(24)4)16(3)32-19-9-7-18(25)8-10-19/h5-12,16H,13H2,1-4H3,(H,26,27,31). The van der Waals surface area contributed by atoms with Gasteiger partial charge >= 0.3 is 0 Å². The smallest absolute Gasteiger partial charge is 0.236 e. The molecule has 0 aliphatic rings. The predicted molar refractivity (Wildman–Crippen MR) is 141 cm³/mol. The van der Waals surface area contributed by atoms with Gasteiger partial charge in [-0.25, -0.2) is 4.98 Å². The first-order valence-corrected chi connectivity index (χ1v) is 13.2. The van der Waals surface area contributed by atoms with Crippen LogP contribution in [0.25, 0.3) is 11.3 Å². The summed E-state index contributed by atoms with van der Waals surface area (Å²) in [4.78, 5) is 17.1. The zero-order valence-electron chi connectivity index (χ0n) is 19.2. The fourth-order valence-corrected chi connectivity index (χ4v) is 4.94. The van der Waals surface area contributed by atoms with Crippen LogP contribution in [0.3, 0.4) is 0 Å². The monoisotopic (exact) mass is 557 g/mol. The van der Waals surface area contributed by atoms with Crippen molar-refractivity contribution < 1.29 is 9.53 Å². The van der Waals surface area contributed by atoms with E-state index in [9.17, 15) is 4.79 Å². The third-order valence-electron chi connectivity index (χ3n) is 5.24. The second-order valence-electron chi connectivity index (χ2n) is 7.79. The number of benzene rings is 2. The number of anilines is 1. The van der Waals surface area contributed by atoms with Crippen molar-refractivity contribution in [2.45, 2.75) is 32.0 Å². The predicted octanol–water partition coefficient (Wildman–Crippen LogP) is 6.19. The number of carbonyl (C=O) groups is 1. The van der Waals surface area contributed by atoms with Crippen LogP contribution in [0.2, 0.25) is 0 Å². The molecule has 0 radical (unpaired) electrons. The number of thiazole rings is 1. The van der Waals surface area contributed by atoms with E-state index in [0.717, 1.165) is 21.5 Å². The maximum atomic E-state index is 12.5. The molecule has 2 heterocycles. The number of rotatable bonds is 8. The normalized spacial score (nSPS) is 11.9. The molecule has 1 unspecified atom stereocenters. The van der Waals surface area contributed by atoms with Crippen molar-refractivity contribution >= 4 is 50.1 Å². The average Bonchev–Trinajstić information content (AvgIpc) is 3.42. The summed E-state index contributed by atoms with van der Waals surface area (Å²) in [5.41, 5.74) is 4.35. The van der Waals surface area contributed by atoms with Gasteiger partial charge < -0.3 is 14.6 Å². The lowest BCUT2D eigenvalue weighted by Crippen LogP contribution is -2.14. The molecule has 10 heteroatoms. The van der Waals surface area contributed by atoms with Crippen molar-refractivity contribution in [3.8, 4) is 17.0 Å². The number of nitrogens with one attached hydrogen (secondary N) is 1. The van der Waals surface area contributed by atoms with E-state index < -0.39 is 0 Å². The highest BCUT2D eigenvalue weighted by Gasteiger charge is 2.18. The van der Waals surface area contributed by atoms with E-state index in [1.165, 1.54) is 34.2 Å². The Kier molecular flexibility index (Phi) is 7.70. The topological polar surface area (TPSA) is 81.9 Å². The number of hydrogen-bond acceptors (Lipinski definition) is 7. The van der Waals surface area contributed by atoms with Crippen molar-refractivity contribution in [1.82, 2.24) is 19.7 Å². The van der Waals surface area contributed by atoms with Crippen LogP contribution in [0.4, 0.5) is 5.13 Å². The van der Waals surface area contributed by atoms with Gasteiger partial charge in [0.25, 0.3) is 0 Å². The molecule has 1 N–H and O–H groups in total. The van der Waals surface area contributed by atoms with Crippen molar-refractivity contribution in [3.05, 3.63) is 69.3 Å². The molecular weight excluding hydrogens is 534 g/mol. The molecule has 0 aliphatic carbocycles. The zero-order chi connectivity index (χ0) is 24.2. The molecule has 0 fully saturated rings. The molecule has 7 nitrogen and oxygen atoms in total. The van der Waals surface area contributed by atoms with Gasteiger partial charge in [-0.1, -0.05) is 39.8 Å². The van der Waals surface area contributed by atoms with Crippen LogP contribution in [-0.2, 0) is 11.8 Å². The first-order chi connectivity index (χ1) is 16.3. The van der Waals surface area contributed by atoms with E-state index in [1.807, 2.05) is 54.3 Å². The van der Waals surface area contributed by atoms with Gasteiger partial charge in [-0.05, 0) is 62.2 Å². The summed E-state index contributed by atoms with van der Waals surface area (Å²) in [5.74, 6) is 1.49. The molecule has 176 valence electrons. The quantitative estimate of drug-likeness (QED) is 0.260. The average molecular weight is 559 g/mol. The van der Waals surface area contributed by atoms with Crippen LogP contribution in [0.1, 0.15) is 30.0 Å². The van der Waals surface area contributed by atoms with Crippen LogP contribution in [0, 0.1) is 13.8 Å². The van der Waals surface area contributed by atoms with Crippen LogP contribution in [0.15, 0.2) is 57.5 Å². The number of carbonyl (C=O) groups excluding carboxylic acids is 1. The Morgan fingerprint density at radius 3 is 2.68 bits per heavy atom. The van der Waals surface area contributed by atoms with Crippen molar-refractivity contribution in [1.29, 1.82) is 0 Å². The summed E-state index contributed by atoms with van der Waals surface area (Å²) < 4.78 is 8.81. The molecule has 0 aliphatic heterocycles. The molecule has 4 aromatic rings. The van der Waals surface area contributed by atoms with E-state index in [4.69, 9.17) is 4.74 Å². The largest absolute Gasteiger partial charge is 0.483 e. The molecule has 1 atom stereocenters. The number of amides is 1. The Labute approximate surface area is 215 Å². The fourth-order valence-electron chi connectivity index (χ4n) is 3.23. The third-order valence-corrected chi connectivity index (χ3v) is 7.55. The summed E-state index contributed by atoms with van der Waals surface area (Å²) in [6, 6.07) is 13.9. The number of nitrogens with zero attached hydrogens (tertiary/aromatic N) is 4. The fraction of sp³-hybridized carbons (Fsp3) is 0.250. The Morgan fingerprint density at radius 2 is 1.94 bits per heavy atom. The minimum Gasteiger partial charge on any atom is -0.483 e. The lowest BCUT2D eigenvalue weighted by Gasteiger charge is -2.14. The minimum atomic E-state index is -0.291. The van der Waals surface area contributed by atoms with E-state index in [-0.39, 0.29) is 17.8 Å². The lowest BCUT2D eigenvalue weighted by atomic mass is 10.1. The summed E-state index contributed by atoms with van der Waals surface area (Å²) in [5, 5.41) is 14.5. The third kappa shape index (κ3) is 5.86. The molecule has 2 aromatic heterocycles. The Morgan fingerprint density at radius 1 is 1.18 bits per heavy atom. The van der Waals surface area contributed by atoms with Gasteiger partial charge in [0, 0.05) is 22.5 Å². The van der Waals surface area contributed by atoms with Crippen molar-refractivity contribution in [2.24, 2.45) is 7.05 Å². The van der Waals surface area contributed by atoms with Crippen LogP contribution in [0.5, 0.6) is 5.75 Å². The summed E-state index contributed by atoms with van der Waals surface area (Å²) >= 11 is 6.15. The lowest BCUT2D eigenvalue weighted by molar-refractivity contribution is -0.113. The van der Waals surface area contributed by atoms with E-state index >= 15 is 0 Å². The van der Waals surface area contributed by atoms with Gasteiger partial charge in [0.15, 0.2) is 22.2 Å². The first kappa shape index (κ1) is 24.4. The number of halogens is 1. The Balaban J connectivity index is 1.33. The highest BCUT2D eigenvalue weighted by molar-refractivity contribution is 9.10. The van der Waals surface area contributed by atoms with Gasteiger partial charge in [-0.15, -0.1) is 21.5 Å². The van der Waals surface area contributed by atoms with Crippen LogP contribution >= 0.6 is 39.0 Å². The first-order valence-electron chi connectivity index (χ1n) is 10.6. The SMILES string of the molecule is Cc1ccc(-c2csc(NC(=O)CSc3nnc(C(C)Oc4ccc(Br)cc4)n3C)n2)cc1C. The van der Waals surface area contributed by atoms with E-state index in [1.54, 1.807) is 0 Å². The van der Waals surface area contributed by atoms with Gasteiger partial charge in [-0.2, -0.15) is 0 Å². The van der Waals surface area contributed by atoms with Crippen LogP contribution < -0.4 is 10.1 Å². The summed E-state index contributed by atoms with van der Waals surface area (Å²) in [6.45, 7) is 6.08. The van der Waals surface area contributed by atoms with E-state index in [2.05, 4.69) is 62.4 Å². The summed E-state index contributed by atoms with van der Waals surface area (Å²) in [7, 11) is 1.87. The minimum absolute atomic E-state index is 0.144. The van der Waals surface area contributed by atoms with E-state index in [0.29, 0.717) is 16.1 Å². The zero-order valence-corrected chi connectivity index (χ0v) is 22.4. The number of thioether (sulfide) groups is 1. The van der Waals surface area contributed by atoms with Gasteiger partial charge in [0.2, 0.25) is 5.91 Å². The van der Waals surface area contributed by atoms with Crippen molar-refractivity contribution in [2.75, 3.05) is 11.1 Å². The van der Waals surface area contributed by atoms with Crippen molar-refractivity contribution in [3.63, 3.8) is 0 Å². The molecule has 34 heavy (non-hydrogen) atoms. The second kappa shape index (κ2) is 10.7. The number of hydrogen-bond donors (Lipinski definition) is 1. The highest BCUT2D eigenvalue weighted by atomic mass is 79.9. The number of aryl methyl sites for hydroxylation is 2. The molecule has 1 amide bonds. The maximum Gasteiger partial charge on any atom is 0.236 e. The number of aromatic nitrogens is 4. The summed E-state index contributed by atoms with van der Waals surface area (Å²) in [6.07, 6.45) is -0.291. The van der Waals surface area contributed by atoms with Gasteiger partial charge in [0.05, 0.1) is 11.4 Å². The molecule has 2 aromatic carbocycles. The molecule has 0 bridgehead atoms. The molecule has 0 spiro atoms. The molecular formula is C24H24BrN5O2S2. The Hall–Kier alpha value is -2.69. The molecule has 0 saturated carbocycles. The molecule has 4 rings (SSSR count). The van der Waals surface area contributed by atoms with Gasteiger partial charge in [-0.3, -0.25) is 4.79 Å². The van der Waals surface area contributed by atoms with Gasteiger partial charge in [0.1, 0.15) is 5.75 Å². The maximum absolute atomic E-state index is 12.5. The number of ether oxygens (including phenoxy) is 1.